The fourth-order valence-electron chi connectivity index (χ4n) is 5.75. The Hall–Kier alpha value is -2.84. The van der Waals surface area contributed by atoms with Gasteiger partial charge in [-0.3, -0.25) is 4.79 Å². The van der Waals surface area contributed by atoms with E-state index >= 15 is 0 Å². The number of benzene rings is 2. The standard InChI is InChI=1S/C28H29F2IN4O5/c1-26(39)6-3-7-34(13-26)23-19-10-35(24(38)18-9-17(37)8-16-4-2-5-20(31)22(16)18)11-21(19)32-25(33-23)40-15-27(14-36)12-28(27,29)30/h2,4-5,8-9,36-37,39H,3,6-7,10-15H2,1H3/t26-,27-/m1/s1. The number of carbonyl (C=O) groups excluding carboxylic acids is 1. The summed E-state index contributed by atoms with van der Waals surface area (Å²) >= 11 is 2.17. The molecule has 0 unspecified atom stereocenters. The van der Waals surface area contributed by atoms with E-state index in [0.29, 0.717) is 42.1 Å². The Morgan fingerprint density at radius 1 is 1.23 bits per heavy atom. The first-order valence-corrected chi connectivity index (χ1v) is 14.2. The minimum Gasteiger partial charge on any atom is -0.508 e. The molecular weight excluding hydrogens is 637 g/mol. The highest BCUT2D eigenvalue weighted by atomic mass is 127. The number of piperidine rings is 1. The van der Waals surface area contributed by atoms with Crippen molar-refractivity contribution < 1.29 is 33.6 Å². The molecule has 6 rings (SSSR count). The number of aromatic hydroxyl groups is 1. The lowest BCUT2D eigenvalue weighted by molar-refractivity contribution is 0.0124. The van der Waals surface area contributed by atoms with E-state index in [-0.39, 0.29) is 30.8 Å². The number of hydrogen-bond donors (Lipinski definition) is 3. The lowest BCUT2D eigenvalue weighted by atomic mass is 9.95. The molecule has 2 aliphatic heterocycles. The van der Waals surface area contributed by atoms with Crippen LogP contribution in [-0.2, 0) is 13.1 Å². The van der Waals surface area contributed by atoms with Crippen LogP contribution in [0.1, 0.15) is 47.8 Å². The maximum atomic E-state index is 13.9. The number of amides is 1. The number of aromatic nitrogens is 2. The van der Waals surface area contributed by atoms with E-state index < -0.39 is 36.6 Å². The van der Waals surface area contributed by atoms with Gasteiger partial charge in [-0.2, -0.15) is 9.97 Å². The van der Waals surface area contributed by atoms with Crippen molar-refractivity contribution in [1.82, 2.24) is 14.9 Å². The van der Waals surface area contributed by atoms with Crippen LogP contribution >= 0.6 is 22.6 Å². The van der Waals surface area contributed by atoms with E-state index in [1.807, 2.05) is 23.1 Å². The fourth-order valence-corrected chi connectivity index (χ4v) is 6.56. The molecule has 2 fully saturated rings. The van der Waals surface area contributed by atoms with Gasteiger partial charge < -0.3 is 29.9 Å². The maximum absolute atomic E-state index is 13.9. The average molecular weight is 666 g/mol. The van der Waals surface area contributed by atoms with Gasteiger partial charge in [-0.15, -0.1) is 0 Å². The third-order valence-electron chi connectivity index (χ3n) is 8.13. The number of phenols is 1. The zero-order valence-electron chi connectivity index (χ0n) is 21.8. The van der Waals surface area contributed by atoms with Crippen LogP contribution in [-0.4, -0.2) is 73.9 Å². The van der Waals surface area contributed by atoms with Crippen LogP contribution in [0.4, 0.5) is 14.6 Å². The molecule has 0 spiro atoms. The van der Waals surface area contributed by atoms with Crippen molar-refractivity contribution in [3.63, 3.8) is 0 Å². The molecule has 3 heterocycles. The summed E-state index contributed by atoms with van der Waals surface area (Å²) in [5.74, 6) is -2.83. The van der Waals surface area contributed by atoms with Gasteiger partial charge in [0.1, 0.15) is 18.2 Å². The molecule has 1 saturated heterocycles. The highest BCUT2D eigenvalue weighted by molar-refractivity contribution is 14.1. The van der Waals surface area contributed by atoms with Crippen molar-refractivity contribution in [2.45, 2.75) is 50.8 Å². The second-order valence-corrected chi connectivity index (χ2v) is 12.5. The number of halogens is 3. The monoisotopic (exact) mass is 666 g/mol. The SMILES string of the molecule is C[C@@]1(O)CCCN(c2nc(OC[C@]3(CO)CC3(F)F)nc3c2CN(C(=O)c2cc(O)cc4cccc(I)c24)C3)C1. The van der Waals surface area contributed by atoms with Gasteiger partial charge in [0.2, 0.25) is 0 Å². The van der Waals surface area contributed by atoms with E-state index in [4.69, 9.17) is 4.74 Å². The Labute approximate surface area is 242 Å². The molecule has 0 radical (unpaired) electrons. The minimum atomic E-state index is -3.02. The van der Waals surface area contributed by atoms with Gasteiger partial charge in [-0.25, -0.2) is 8.78 Å². The lowest BCUT2D eigenvalue weighted by Gasteiger charge is -2.38. The summed E-state index contributed by atoms with van der Waals surface area (Å²) in [7, 11) is 0. The van der Waals surface area contributed by atoms with Crippen LogP contribution in [0.15, 0.2) is 30.3 Å². The lowest BCUT2D eigenvalue weighted by Crippen LogP contribution is -2.47. The van der Waals surface area contributed by atoms with Crippen molar-refractivity contribution in [3.05, 3.63) is 50.7 Å². The number of phenolic OH excluding ortho intramolecular Hbond substituents is 1. The Kier molecular flexibility index (Phi) is 6.58. The second-order valence-electron chi connectivity index (χ2n) is 11.4. The topological polar surface area (TPSA) is 119 Å². The second kappa shape index (κ2) is 9.62. The highest BCUT2D eigenvalue weighted by Gasteiger charge is 2.71. The van der Waals surface area contributed by atoms with Crippen LogP contribution in [0.3, 0.4) is 0 Å². The smallest absolute Gasteiger partial charge is 0.318 e. The summed E-state index contributed by atoms with van der Waals surface area (Å²) in [5, 5.41) is 32.1. The third-order valence-corrected chi connectivity index (χ3v) is 9.03. The van der Waals surface area contributed by atoms with Crippen molar-refractivity contribution in [2.24, 2.45) is 5.41 Å². The molecule has 3 aliphatic rings. The Morgan fingerprint density at radius 2 is 2.00 bits per heavy atom. The van der Waals surface area contributed by atoms with Gasteiger partial charge >= 0.3 is 6.01 Å². The zero-order chi connectivity index (χ0) is 28.4. The fraction of sp³-hybridized carbons (Fsp3) is 0.464. The summed E-state index contributed by atoms with van der Waals surface area (Å²) in [5.41, 5.74) is -1.01. The normalized spacial score (nSPS) is 25.2. The summed E-state index contributed by atoms with van der Waals surface area (Å²) in [4.78, 5) is 26.4. The van der Waals surface area contributed by atoms with Gasteiger partial charge in [0, 0.05) is 34.0 Å². The van der Waals surface area contributed by atoms with Gasteiger partial charge in [-0.05, 0) is 65.9 Å². The van der Waals surface area contributed by atoms with Gasteiger partial charge in [0.05, 0.1) is 42.0 Å². The first-order valence-electron chi connectivity index (χ1n) is 13.1. The van der Waals surface area contributed by atoms with Crippen LogP contribution in [0.25, 0.3) is 10.8 Å². The molecule has 1 saturated carbocycles. The number of carbonyl (C=O) groups is 1. The molecule has 212 valence electrons. The number of nitrogens with zero attached hydrogens (tertiary/aromatic N) is 4. The number of aliphatic hydroxyl groups excluding tert-OH is 1. The Morgan fingerprint density at radius 3 is 2.70 bits per heavy atom. The van der Waals surface area contributed by atoms with E-state index in [0.717, 1.165) is 20.8 Å². The number of hydrogen-bond acceptors (Lipinski definition) is 8. The molecule has 40 heavy (non-hydrogen) atoms. The number of rotatable bonds is 6. The highest BCUT2D eigenvalue weighted by Crippen LogP contribution is 2.60. The molecule has 3 aromatic rings. The average Bonchev–Trinajstić information content (AvgIpc) is 3.22. The van der Waals surface area contributed by atoms with E-state index in [2.05, 4.69) is 32.6 Å². The van der Waals surface area contributed by atoms with E-state index in [9.17, 15) is 28.9 Å². The predicted octanol–water partition coefficient (Wildman–Crippen LogP) is 3.84. The molecule has 3 N–H and O–H groups in total. The number of aliphatic hydroxyl groups is 2. The molecule has 2 atom stereocenters. The van der Waals surface area contributed by atoms with Crippen LogP contribution < -0.4 is 9.64 Å². The zero-order valence-corrected chi connectivity index (χ0v) is 24.0. The number of ether oxygens (including phenoxy) is 1. The minimum absolute atomic E-state index is 0.0176. The number of fused-ring (bicyclic) bond motifs is 2. The molecule has 1 aliphatic carbocycles. The number of β-amino-alcohol motifs (C(OH)–C–C–N with tert-alkyl or cyclic N) is 1. The van der Waals surface area contributed by atoms with Gasteiger partial charge in [0.25, 0.3) is 11.8 Å². The molecule has 1 amide bonds. The van der Waals surface area contributed by atoms with Crippen molar-refractivity contribution >= 4 is 45.1 Å². The molecule has 2 aromatic carbocycles. The molecule has 1 aromatic heterocycles. The summed E-state index contributed by atoms with van der Waals surface area (Å²) in [6.45, 7) is 1.84. The van der Waals surface area contributed by atoms with Crippen LogP contribution in [0, 0.1) is 8.99 Å². The van der Waals surface area contributed by atoms with E-state index in [1.54, 1.807) is 17.9 Å². The number of anilines is 1. The first kappa shape index (κ1) is 27.3. The quantitative estimate of drug-likeness (QED) is 0.340. The number of alkyl halides is 2. The van der Waals surface area contributed by atoms with Gasteiger partial charge in [0.15, 0.2) is 0 Å². The first-order chi connectivity index (χ1) is 18.9. The van der Waals surface area contributed by atoms with Crippen LogP contribution in [0.2, 0.25) is 0 Å². The Balaban J connectivity index is 1.34. The third kappa shape index (κ3) is 4.73. The molecule has 0 bridgehead atoms. The maximum Gasteiger partial charge on any atom is 0.318 e. The largest absolute Gasteiger partial charge is 0.508 e. The molecular formula is C28H29F2IN4O5. The van der Waals surface area contributed by atoms with Crippen LogP contribution in [0.5, 0.6) is 11.8 Å². The van der Waals surface area contributed by atoms with Crippen molar-refractivity contribution in [1.29, 1.82) is 0 Å². The van der Waals surface area contributed by atoms with Crippen molar-refractivity contribution in [3.8, 4) is 11.8 Å². The predicted molar refractivity (Wildman–Crippen MR) is 151 cm³/mol. The molecule has 12 heteroatoms. The summed E-state index contributed by atoms with van der Waals surface area (Å²) in [6.07, 6.45) is 0.877. The van der Waals surface area contributed by atoms with E-state index in [1.165, 1.54) is 6.07 Å². The summed E-state index contributed by atoms with van der Waals surface area (Å²) in [6, 6.07) is 8.56. The van der Waals surface area contributed by atoms with Crippen molar-refractivity contribution in [2.75, 3.05) is 31.2 Å². The van der Waals surface area contributed by atoms with Gasteiger partial charge in [-0.1, -0.05) is 12.1 Å². The molecule has 9 nitrogen and oxygen atoms in total. The summed E-state index contributed by atoms with van der Waals surface area (Å²) < 4.78 is 34.4. The Bertz CT molecular complexity index is 1520.